The molecule has 8 aromatic carbocycles. The Morgan fingerprint density at radius 3 is 0.842 bits per heavy atom. The van der Waals surface area contributed by atoms with Crippen molar-refractivity contribution >= 4 is 0 Å². The molecule has 0 aliphatic heterocycles. The van der Waals surface area contributed by atoms with Gasteiger partial charge in [0.1, 0.15) is 23.0 Å². The Balaban J connectivity index is 0.000000174. The van der Waals surface area contributed by atoms with Gasteiger partial charge in [-0.3, -0.25) is 0 Å². The molecule has 0 fully saturated rings. The highest BCUT2D eigenvalue weighted by Gasteiger charge is 2.18. The minimum Gasteiger partial charge on any atom is -0.507 e. The van der Waals surface area contributed by atoms with Gasteiger partial charge in [0.05, 0.1) is 0 Å². The van der Waals surface area contributed by atoms with Crippen molar-refractivity contribution in [1.29, 1.82) is 0 Å². The number of phenolic OH excluding ortho intramolecular Hbond substituents is 4. The topological polar surface area (TPSA) is 80.9 Å². The van der Waals surface area contributed by atoms with E-state index in [0.717, 1.165) is 73.2 Å². The van der Waals surface area contributed by atoms with Crippen molar-refractivity contribution in [2.45, 2.75) is 32.1 Å². The standard InChI is InChI=1S/C27H24O2.C26H22O2/c1-2-23(21-13-15-26(28)24(17-21)19-9-5-3-6-10-19)22-14-16-27(29)25(18-22)20-11-7-4-8-12-20;1-18(21-12-14-25(27)23(16-21)19-8-4-2-5-9-19)22-13-15-26(28)24(17-22)20-10-6-3-7-11-20/h3-18,23,28-29H,2H2,1H3;2-18,27-28H,1H3. The van der Waals surface area contributed by atoms with E-state index in [1.54, 1.807) is 24.3 Å². The van der Waals surface area contributed by atoms with Crippen molar-refractivity contribution in [1.82, 2.24) is 0 Å². The van der Waals surface area contributed by atoms with Crippen LogP contribution in [0.4, 0.5) is 0 Å². The molecule has 0 atom stereocenters. The third-order valence-electron chi connectivity index (χ3n) is 10.6. The molecular weight excluding hydrogens is 701 g/mol. The molecule has 4 heteroatoms. The fourth-order valence-corrected chi connectivity index (χ4v) is 7.44. The number of hydrogen-bond acceptors (Lipinski definition) is 4. The van der Waals surface area contributed by atoms with E-state index in [1.165, 1.54) is 0 Å². The molecule has 0 aromatic heterocycles. The van der Waals surface area contributed by atoms with Gasteiger partial charge >= 0.3 is 0 Å². The van der Waals surface area contributed by atoms with Gasteiger partial charge in [-0.25, -0.2) is 0 Å². The van der Waals surface area contributed by atoms with Crippen molar-refractivity contribution in [3.63, 3.8) is 0 Å². The number of aromatic hydroxyl groups is 4. The summed E-state index contributed by atoms with van der Waals surface area (Å²) < 4.78 is 0. The molecular formula is C53H46O4. The van der Waals surface area contributed by atoms with Gasteiger partial charge in [-0.2, -0.15) is 0 Å². The molecule has 0 amide bonds. The summed E-state index contributed by atoms with van der Waals surface area (Å²) in [5, 5.41) is 41.5. The van der Waals surface area contributed by atoms with E-state index in [0.29, 0.717) is 0 Å². The highest BCUT2D eigenvalue weighted by molar-refractivity contribution is 5.74. The quantitative estimate of drug-likeness (QED) is 0.119. The Labute approximate surface area is 335 Å². The van der Waals surface area contributed by atoms with Crippen LogP contribution in [-0.2, 0) is 0 Å². The van der Waals surface area contributed by atoms with Crippen LogP contribution in [0.2, 0.25) is 0 Å². The van der Waals surface area contributed by atoms with E-state index in [1.807, 2.05) is 158 Å². The summed E-state index contributed by atoms with van der Waals surface area (Å²) in [7, 11) is 0. The number of phenols is 4. The largest absolute Gasteiger partial charge is 0.507 e. The maximum absolute atomic E-state index is 10.4. The van der Waals surface area contributed by atoms with Crippen LogP contribution in [0.25, 0.3) is 44.5 Å². The lowest BCUT2D eigenvalue weighted by Crippen LogP contribution is -2.01. The van der Waals surface area contributed by atoms with Gasteiger partial charge < -0.3 is 20.4 Å². The Morgan fingerprint density at radius 1 is 0.333 bits per heavy atom. The lowest BCUT2D eigenvalue weighted by Gasteiger charge is -2.19. The Morgan fingerprint density at radius 2 is 0.579 bits per heavy atom. The second-order valence-corrected chi connectivity index (χ2v) is 14.3. The van der Waals surface area contributed by atoms with Crippen LogP contribution in [0, 0.1) is 0 Å². The van der Waals surface area contributed by atoms with Gasteiger partial charge in [0.2, 0.25) is 0 Å². The lowest BCUT2D eigenvalue weighted by atomic mass is 9.86. The Hall–Kier alpha value is -7.04. The molecule has 4 nitrogen and oxygen atoms in total. The van der Waals surface area contributed by atoms with E-state index >= 15 is 0 Å². The molecule has 282 valence electrons. The van der Waals surface area contributed by atoms with E-state index in [-0.39, 0.29) is 34.8 Å². The molecule has 0 unspecified atom stereocenters. The highest BCUT2D eigenvalue weighted by atomic mass is 16.3. The first-order chi connectivity index (χ1) is 27.8. The average Bonchev–Trinajstić information content (AvgIpc) is 3.26. The van der Waals surface area contributed by atoms with Crippen LogP contribution in [0.5, 0.6) is 23.0 Å². The molecule has 57 heavy (non-hydrogen) atoms. The van der Waals surface area contributed by atoms with Crippen LogP contribution in [-0.4, -0.2) is 20.4 Å². The molecule has 0 heterocycles. The Bertz CT molecular complexity index is 2370. The van der Waals surface area contributed by atoms with Crippen molar-refractivity contribution in [3.05, 3.63) is 216 Å². The lowest BCUT2D eigenvalue weighted by molar-refractivity contribution is 0.476. The molecule has 0 saturated carbocycles. The van der Waals surface area contributed by atoms with Crippen molar-refractivity contribution in [3.8, 4) is 67.5 Å². The zero-order chi connectivity index (χ0) is 39.7. The number of hydrogen-bond donors (Lipinski definition) is 4. The van der Waals surface area contributed by atoms with Crippen LogP contribution in [0.1, 0.15) is 54.4 Å². The Kier molecular flexibility index (Phi) is 11.8. The van der Waals surface area contributed by atoms with Crippen molar-refractivity contribution in [2.75, 3.05) is 0 Å². The zero-order valence-corrected chi connectivity index (χ0v) is 32.1. The normalized spacial score (nSPS) is 10.9. The van der Waals surface area contributed by atoms with Crippen molar-refractivity contribution < 1.29 is 20.4 Å². The van der Waals surface area contributed by atoms with Gasteiger partial charge in [-0.1, -0.05) is 159 Å². The SMILES string of the molecule is CC(c1ccc(O)c(-c2ccccc2)c1)c1ccc(O)c(-c2ccccc2)c1.CCC(c1ccc(O)c(-c2ccccc2)c1)c1ccc(O)c(-c2ccccc2)c1. The van der Waals surface area contributed by atoms with Gasteiger partial charge in [-0.15, -0.1) is 0 Å². The summed E-state index contributed by atoms with van der Waals surface area (Å²) >= 11 is 0. The fourth-order valence-electron chi connectivity index (χ4n) is 7.44. The molecule has 0 aliphatic rings. The first-order valence-electron chi connectivity index (χ1n) is 19.3. The first-order valence-corrected chi connectivity index (χ1v) is 19.3. The van der Waals surface area contributed by atoms with E-state index in [2.05, 4.69) is 26.0 Å². The second kappa shape index (κ2) is 17.6. The summed E-state index contributed by atoms with van der Waals surface area (Å²) in [5.41, 5.74) is 11.8. The summed E-state index contributed by atoms with van der Waals surface area (Å²) in [6.07, 6.45) is 0.915. The molecule has 0 radical (unpaired) electrons. The molecule has 0 spiro atoms. The molecule has 8 rings (SSSR count). The molecule has 4 N–H and O–H groups in total. The van der Waals surface area contributed by atoms with Crippen LogP contribution < -0.4 is 0 Å². The summed E-state index contributed by atoms with van der Waals surface area (Å²) in [5.74, 6) is 1.40. The first kappa shape index (κ1) is 38.2. The smallest absolute Gasteiger partial charge is 0.123 e. The summed E-state index contributed by atoms with van der Waals surface area (Å²) in [6.45, 7) is 4.30. The second-order valence-electron chi connectivity index (χ2n) is 14.3. The zero-order valence-electron chi connectivity index (χ0n) is 32.1. The molecule has 8 aromatic rings. The molecule has 0 bridgehead atoms. The van der Waals surface area contributed by atoms with E-state index in [4.69, 9.17) is 0 Å². The summed E-state index contributed by atoms with van der Waals surface area (Å²) in [6, 6.07) is 62.9. The van der Waals surface area contributed by atoms with Crippen LogP contribution in [0.3, 0.4) is 0 Å². The van der Waals surface area contributed by atoms with Gasteiger partial charge in [-0.05, 0) is 99.5 Å². The van der Waals surface area contributed by atoms with Gasteiger partial charge in [0.15, 0.2) is 0 Å². The van der Waals surface area contributed by atoms with Gasteiger partial charge in [0.25, 0.3) is 0 Å². The maximum Gasteiger partial charge on any atom is 0.123 e. The maximum atomic E-state index is 10.4. The van der Waals surface area contributed by atoms with Gasteiger partial charge in [0, 0.05) is 34.1 Å². The number of rotatable bonds is 9. The third-order valence-corrected chi connectivity index (χ3v) is 10.6. The van der Waals surface area contributed by atoms with Crippen LogP contribution >= 0.6 is 0 Å². The van der Waals surface area contributed by atoms with Crippen LogP contribution in [0.15, 0.2) is 194 Å². The fraction of sp³-hybridized carbons (Fsp3) is 0.0943. The monoisotopic (exact) mass is 746 g/mol. The minimum absolute atomic E-state index is 0.117. The van der Waals surface area contributed by atoms with E-state index < -0.39 is 0 Å². The molecule has 0 aliphatic carbocycles. The number of benzene rings is 8. The predicted octanol–water partition coefficient (Wildman–Crippen LogP) is 13.6. The highest BCUT2D eigenvalue weighted by Crippen LogP contribution is 2.40. The predicted molar refractivity (Wildman–Crippen MR) is 234 cm³/mol. The van der Waals surface area contributed by atoms with Crippen molar-refractivity contribution in [2.24, 2.45) is 0 Å². The molecule has 0 saturated heterocycles. The average molecular weight is 747 g/mol. The third kappa shape index (κ3) is 8.77. The summed E-state index contributed by atoms with van der Waals surface area (Å²) in [4.78, 5) is 0. The minimum atomic E-state index is 0.117. The van der Waals surface area contributed by atoms with E-state index in [9.17, 15) is 20.4 Å².